The zero-order valence-corrected chi connectivity index (χ0v) is 20.4. The fourth-order valence-corrected chi connectivity index (χ4v) is 3.75. The van der Waals surface area contributed by atoms with Crippen molar-refractivity contribution in [2.45, 2.75) is 98.1 Å². The third-order valence-electron chi connectivity index (χ3n) is 6.20. The molecule has 0 saturated heterocycles. The summed E-state index contributed by atoms with van der Waals surface area (Å²) in [4.78, 5) is 12.2. The summed E-state index contributed by atoms with van der Waals surface area (Å²) in [7, 11) is 0. The SMILES string of the molecule is CCCCNC(=O)[C@H](C)C[C@H](O)[C@@H](N)C[C@H](Cc1ccc(C(C)(C)C)cc1)C(C)C. The van der Waals surface area contributed by atoms with E-state index in [0.717, 1.165) is 25.7 Å². The molecule has 0 bridgehead atoms. The molecule has 1 rings (SSSR count). The molecule has 4 N–H and O–H groups in total. The molecule has 0 saturated carbocycles. The zero-order valence-electron chi connectivity index (χ0n) is 20.4. The van der Waals surface area contributed by atoms with Crippen LogP contribution in [0, 0.1) is 17.8 Å². The minimum Gasteiger partial charge on any atom is -0.391 e. The van der Waals surface area contributed by atoms with E-state index < -0.39 is 6.10 Å². The molecule has 0 radical (unpaired) electrons. The standard InChI is InChI=1S/C26H46N2O2/c1-8-9-14-28-25(30)19(4)15-24(29)23(27)17-21(18(2)3)16-20-10-12-22(13-11-20)26(5,6)7/h10-13,18-19,21,23-24,29H,8-9,14-17,27H2,1-7H3,(H,28,30)/t19-,21+,23+,24+/m1/s1. The summed E-state index contributed by atoms with van der Waals surface area (Å²) in [6.07, 6.45) is 3.48. The van der Waals surface area contributed by atoms with Crippen LogP contribution in [0.2, 0.25) is 0 Å². The average molecular weight is 419 g/mol. The summed E-state index contributed by atoms with van der Waals surface area (Å²) in [5.41, 5.74) is 9.18. The Labute approximate surface area is 185 Å². The summed E-state index contributed by atoms with van der Waals surface area (Å²) in [5.74, 6) is 0.642. The van der Waals surface area contributed by atoms with Gasteiger partial charge in [0.2, 0.25) is 5.91 Å². The Kier molecular flexibility index (Phi) is 11.1. The van der Waals surface area contributed by atoms with Gasteiger partial charge in [-0.05, 0) is 54.1 Å². The number of unbranched alkanes of at least 4 members (excludes halogenated alkanes) is 1. The largest absolute Gasteiger partial charge is 0.391 e. The Morgan fingerprint density at radius 2 is 1.70 bits per heavy atom. The lowest BCUT2D eigenvalue weighted by Gasteiger charge is -2.28. The van der Waals surface area contributed by atoms with Gasteiger partial charge < -0.3 is 16.2 Å². The van der Waals surface area contributed by atoms with Gasteiger partial charge in [0.25, 0.3) is 0 Å². The van der Waals surface area contributed by atoms with Gasteiger partial charge in [0, 0.05) is 18.5 Å². The molecule has 4 heteroatoms. The molecule has 0 fully saturated rings. The first-order valence-corrected chi connectivity index (χ1v) is 11.8. The normalized spacial score (nSPS) is 16.2. The number of rotatable bonds is 12. The average Bonchev–Trinajstić information content (AvgIpc) is 2.66. The van der Waals surface area contributed by atoms with Crippen LogP contribution in [-0.4, -0.2) is 29.7 Å². The van der Waals surface area contributed by atoms with Crippen LogP contribution in [0.3, 0.4) is 0 Å². The Morgan fingerprint density at radius 1 is 1.10 bits per heavy atom. The third kappa shape index (κ3) is 9.18. The lowest BCUT2D eigenvalue weighted by molar-refractivity contribution is -0.125. The van der Waals surface area contributed by atoms with Gasteiger partial charge in [0.05, 0.1) is 6.10 Å². The van der Waals surface area contributed by atoms with Gasteiger partial charge in [-0.25, -0.2) is 0 Å². The predicted octanol–water partition coefficient (Wildman–Crippen LogP) is 4.82. The Balaban J connectivity index is 2.63. The van der Waals surface area contributed by atoms with E-state index >= 15 is 0 Å². The number of benzene rings is 1. The second kappa shape index (κ2) is 12.5. The molecule has 0 aliphatic carbocycles. The van der Waals surface area contributed by atoms with Gasteiger partial charge in [-0.3, -0.25) is 4.79 Å². The van der Waals surface area contributed by atoms with Crippen molar-refractivity contribution in [1.82, 2.24) is 5.32 Å². The van der Waals surface area contributed by atoms with E-state index in [1.807, 2.05) is 6.92 Å². The van der Waals surface area contributed by atoms with Crippen molar-refractivity contribution in [3.63, 3.8) is 0 Å². The Bertz CT molecular complexity index is 619. The van der Waals surface area contributed by atoms with Crippen LogP contribution < -0.4 is 11.1 Å². The second-order valence-corrected chi connectivity index (χ2v) is 10.4. The first-order chi connectivity index (χ1) is 14.0. The number of carbonyl (C=O) groups is 1. The third-order valence-corrected chi connectivity index (χ3v) is 6.20. The molecule has 30 heavy (non-hydrogen) atoms. The van der Waals surface area contributed by atoms with Crippen molar-refractivity contribution in [2.24, 2.45) is 23.5 Å². The molecule has 0 unspecified atom stereocenters. The van der Waals surface area contributed by atoms with Crippen LogP contribution in [0.25, 0.3) is 0 Å². The fourth-order valence-electron chi connectivity index (χ4n) is 3.75. The van der Waals surface area contributed by atoms with Crippen molar-refractivity contribution >= 4 is 5.91 Å². The first-order valence-electron chi connectivity index (χ1n) is 11.8. The summed E-state index contributed by atoms with van der Waals surface area (Å²) in [5, 5.41) is 13.6. The van der Waals surface area contributed by atoms with Crippen molar-refractivity contribution in [3.8, 4) is 0 Å². The number of carbonyl (C=O) groups excluding carboxylic acids is 1. The van der Waals surface area contributed by atoms with Crippen molar-refractivity contribution in [3.05, 3.63) is 35.4 Å². The van der Waals surface area contributed by atoms with E-state index in [9.17, 15) is 9.90 Å². The van der Waals surface area contributed by atoms with Gasteiger partial charge in [-0.15, -0.1) is 0 Å². The highest BCUT2D eigenvalue weighted by Crippen LogP contribution is 2.26. The highest BCUT2D eigenvalue weighted by Gasteiger charge is 2.26. The second-order valence-electron chi connectivity index (χ2n) is 10.4. The molecule has 1 aromatic rings. The summed E-state index contributed by atoms with van der Waals surface area (Å²) < 4.78 is 0. The Hall–Kier alpha value is -1.39. The quantitative estimate of drug-likeness (QED) is 0.426. The van der Waals surface area contributed by atoms with Crippen LogP contribution in [0.1, 0.15) is 85.3 Å². The van der Waals surface area contributed by atoms with Gasteiger partial charge in [0.1, 0.15) is 0 Å². The summed E-state index contributed by atoms with van der Waals surface area (Å²) in [6, 6.07) is 8.57. The maximum atomic E-state index is 12.2. The van der Waals surface area contributed by atoms with Crippen molar-refractivity contribution in [1.29, 1.82) is 0 Å². The molecular formula is C26H46N2O2. The van der Waals surface area contributed by atoms with E-state index in [1.165, 1.54) is 11.1 Å². The highest BCUT2D eigenvalue weighted by atomic mass is 16.3. The van der Waals surface area contributed by atoms with Crippen LogP contribution in [0.4, 0.5) is 0 Å². The molecule has 172 valence electrons. The molecule has 4 atom stereocenters. The predicted molar refractivity (Wildman–Crippen MR) is 127 cm³/mol. The number of hydrogen-bond acceptors (Lipinski definition) is 3. The van der Waals surface area contributed by atoms with Gasteiger partial charge in [0.15, 0.2) is 0 Å². The number of aliphatic hydroxyl groups excluding tert-OH is 1. The molecule has 0 aliphatic heterocycles. The molecule has 1 aromatic carbocycles. The number of hydrogen-bond donors (Lipinski definition) is 3. The monoisotopic (exact) mass is 418 g/mol. The number of nitrogens with two attached hydrogens (primary N) is 1. The summed E-state index contributed by atoms with van der Waals surface area (Å²) in [6.45, 7) is 15.8. The maximum Gasteiger partial charge on any atom is 0.222 e. The molecule has 4 nitrogen and oxygen atoms in total. The summed E-state index contributed by atoms with van der Waals surface area (Å²) >= 11 is 0. The smallest absolute Gasteiger partial charge is 0.222 e. The van der Waals surface area contributed by atoms with Crippen LogP contribution in [0.15, 0.2) is 24.3 Å². The van der Waals surface area contributed by atoms with Gasteiger partial charge in [-0.2, -0.15) is 0 Å². The minimum absolute atomic E-state index is 0.00838. The molecule has 0 spiro atoms. The zero-order chi connectivity index (χ0) is 22.9. The molecule has 0 heterocycles. The number of aliphatic hydroxyl groups is 1. The molecule has 0 aliphatic rings. The van der Waals surface area contributed by atoms with E-state index in [2.05, 4.69) is 71.1 Å². The van der Waals surface area contributed by atoms with E-state index in [-0.39, 0.29) is 23.3 Å². The van der Waals surface area contributed by atoms with Gasteiger partial charge >= 0.3 is 0 Å². The maximum absolute atomic E-state index is 12.2. The Morgan fingerprint density at radius 3 is 2.20 bits per heavy atom. The lowest BCUT2D eigenvalue weighted by Crippen LogP contribution is -2.41. The fraction of sp³-hybridized carbons (Fsp3) is 0.731. The van der Waals surface area contributed by atoms with E-state index in [0.29, 0.717) is 24.8 Å². The van der Waals surface area contributed by atoms with Crippen LogP contribution >= 0.6 is 0 Å². The van der Waals surface area contributed by atoms with Crippen LogP contribution in [-0.2, 0) is 16.6 Å². The molecule has 0 aromatic heterocycles. The van der Waals surface area contributed by atoms with Crippen LogP contribution in [0.5, 0.6) is 0 Å². The van der Waals surface area contributed by atoms with Crippen molar-refractivity contribution < 1.29 is 9.90 Å². The van der Waals surface area contributed by atoms with E-state index in [1.54, 1.807) is 0 Å². The first kappa shape index (κ1) is 26.6. The van der Waals surface area contributed by atoms with Crippen molar-refractivity contribution in [2.75, 3.05) is 6.54 Å². The number of amides is 1. The molecule has 1 amide bonds. The molecular weight excluding hydrogens is 372 g/mol. The van der Waals surface area contributed by atoms with E-state index in [4.69, 9.17) is 5.73 Å². The van der Waals surface area contributed by atoms with Gasteiger partial charge in [-0.1, -0.05) is 79.2 Å². The number of nitrogens with one attached hydrogen (secondary N) is 1. The topological polar surface area (TPSA) is 75.3 Å². The lowest BCUT2D eigenvalue weighted by atomic mass is 9.81. The highest BCUT2D eigenvalue weighted by molar-refractivity contribution is 5.78. The minimum atomic E-state index is -0.665.